The second-order valence-corrected chi connectivity index (χ2v) is 5.58. The van der Waals surface area contributed by atoms with Crippen molar-refractivity contribution in [3.8, 4) is 0 Å². The zero-order valence-electron chi connectivity index (χ0n) is 12.9. The van der Waals surface area contributed by atoms with Crippen molar-refractivity contribution in [2.75, 3.05) is 0 Å². The summed E-state index contributed by atoms with van der Waals surface area (Å²) in [4.78, 5) is 19.0. The number of amides is 1. The van der Waals surface area contributed by atoms with Crippen molar-refractivity contribution < 1.29 is 4.79 Å². The second-order valence-electron chi connectivity index (χ2n) is 5.58. The molecule has 3 rings (SSSR count). The van der Waals surface area contributed by atoms with Gasteiger partial charge in [-0.3, -0.25) is 9.78 Å². The van der Waals surface area contributed by atoms with E-state index in [9.17, 15) is 4.79 Å². The molecule has 0 bridgehead atoms. The van der Waals surface area contributed by atoms with Crippen LogP contribution < -0.4 is 0 Å². The molecule has 112 valence electrons. The number of carbonyl (C=O) groups excluding carboxylic acids is 1. The number of nitrogens with zero attached hydrogens (tertiary/aromatic N) is 2. The SMILES string of the molecule is C/C=C/[C@H]1C(=O)N([C@H](C)c2ccccc2)[C@@H]1c1ccccn1. The number of allylic oxidation sites excluding steroid dienone is 1. The van der Waals surface area contributed by atoms with E-state index in [4.69, 9.17) is 0 Å². The number of rotatable bonds is 4. The Kier molecular flexibility index (Phi) is 4.05. The average molecular weight is 292 g/mol. The summed E-state index contributed by atoms with van der Waals surface area (Å²) < 4.78 is 0. The summed E-state index contributed by atoms with van der Waals surface area (Å²) in [6.07, 6.45) is 5.72. The van der Waals surface area contributed by atoms with E-state index in [0.29, 0.717) is 0 Å². The molecule has 0 N–H and O–H groups in total. The van der Waals surface area contributed by atoms with E-state index in [1.54, 1.807) is 6.20 Å². The summed E-state index contributed by atoms with van der Waals surface area (Å²) in [7, 11) is 0. The molecule has 1 aromatic carbocycles. The Balaban J connectivity index is 1.94. The molecule has 1 saturated heterocycles. The first-order valence-corrected chi connectivity index (χ1v) is 7.65. The number of aromatic nitrogens is 1. The van der Waals surface area contributed by atoms with Crippen LogP contribution in [-0.2, 0) is 4.79 Å². The highest BCUT2D eigenvalue weighted by molar-refractivity contribution is 5.88. The van der Waals surface area contributed by atoms with Crippen molar-refractivity contribution in [2.45, 2.75) is 25.9 Å². The van der Waals surface area contributed by atoms with E-state index in [2.05, 4.69) is 24.0 Å². The normalized spacial score (nSPS) is 22.6. The zero-order valence-corrected chi connectivity index (χ0v) is 12.9. The fourth-order valence-electron chi connectivity index (χ4n) is 3.13. The lowest BCUT2D eigenvalue weighted by Gasteiger charge is -2.49. The van der Waals surface area contributed by atoms with Crippen LogP contribution in [0.3, 0.4) is 0 Å². The van der Waals surface area contributed by atoms with Gasteiger partial charge in [0.1, 0.15) is 0 Å². The van der Waals surface area contributed by atoms with Gasteiger partial charge in [0.25, 0.3) is 0 Å². The van der Waals surface area contributed by atoms with Crippen LogP contribution in [-0.4, -0.2) is 15.8 Å². The minimum absolute atomic E-state index is 0.0140. The molecule has 1 aromatic heterocycles. The highest BCUT2D eigenvalue weighted by atomic mass is 16.2. The summed E-state index contributed by atoms with van der Waals surface area (Å²) in [5.74, 6) is 0.0659. The fraction of sp³-hybridized carbons (Fsp3) is 0.263. The van der Waals surface area contributed by atoms with E-state index in [1.165, 1.54) is 0 Å². The predicted molar refractivity (Wildman–Crippen MR) is 87.0 cm³/mol. The maximum atomic E-state index is 12.6. The molecule has 1 aliphatic heterocycles. The third kappa shape index (κ3) is 2.43. The lowest BCUT2D eigenvalue weighted by atomic mass is 9.82. The molecule has 2 heterocycles. The molecule has 3 nitrogen and oxygen atoms in total. The summed E-state index contributed by atoms with van der Waals surface area (Å²) in [5, 5.41) is 0. The Morgan fingerprint density at radius 1 is 1.14 bits per heavy atom. The van der Waals surface area contributed by atoms with Crippen LogP contribution in [0.5, 0.6) is 0 Å². The Bertz CT molecular complexity index is 666. The van der Waals surface area contributed by atoms with Gasteiger partial charge in [-0.05, 0) is 31.5 Å². The maximum absolute atomic E-state index is 12.6. The molecule has 22 heavy (non-hydrogen) atoms. The Labute approximate surface area is 131 Å². The Hall–Kier alpha value is -2.42. The van der Waals surface area contributed by atoms with Crippen molar-refractivity contribution in [3.05, 3.63) is 78.1 Å². The van der Waals surface area contributed by atoms with Crippen LogP contribution in [0.4, 0.5) is 0 Å². The molecule has 0 spiro atoms. The monoisotopic (exact) mass is 292 g/mol. The highest BCUT2D eigenvalue weighted by Crippen LogP contribution is 2.45. The van der Waals surface area contributed by atoms with E-state index in [1.807, 2.05) is 60.4 Å². The molecule has 0 radical (unpaired) electrons. The topological polar surface area (TPSA) is 33.2 Å². The second kappa shape index (κ2) is 6.14. The number of benzene rings is 1. The van der Waals surface area contributed by atoms with Gasteiger partial charge in [0.15, 0.2) is 0 Å². The van der Waals surface area contributed by atoms with Crippen molar-refractivity contribution in [1.82, 2.24) is 9.88 Å². The highest BCUT2D eigenvalue weighted by Gasteiger charge is 2.49. The lowest BCUT2D eigenvalue weighted by Crippen LogP contribution is -2.55. The van der Waals surface area contributed by atoms with E-state index in [0.717, 1.165) is 11.3 Å². The molecule has 3 heteroatoms. The van der Waals surface area contributed by atoms with Crippen LogP contribution in [0, 0.1) is 5.92 Å². The number of carbonyl (C=O) groups is 1. The number of likely N-dealkylation sites (tertiary alicyclic amines) is 1. The van der Waals surface area contributed by atoms with Gasteiger partial charge in [-0.1, -0.05) is 48.6 Å². The molecule has 1 aliphatic rings. The third-order valence-corrected chi connectivity index (χ3v) is 4.27. The molecule has 0 aliphatic carbocycles. The van der Waals surface area contributed by atoms with E-state index < -0.39 is 0 Å². The summed E-state index contributed by atoms with van der Waals surface area (Å²) in [6, 6.07) is 16.1. The standard InChI is InChI=1S/C19H20N2O/c1-3-9-16-18(17-12-7-8-13-20-17)21(19(16)22)14(2)15-10-5-4-6-11-15/h3-14,16,18H,1-2H3/b9-3+/t14-,16-,18+/m1/s1. The molecular weight excluding hydrogens is 272 g/mol. The average Bonchev–Trinajstić information content (AvgIpc) is 2.58. The summed E-state index contributed by atoms with van der Waals surface area (Å²) in [5.41, 5.74) is 2.10. The molecule has 1 fully saturated rings. The van der Waals surface area contributed by atoms with Gasteiger partial charge in [0.05, 0.1) is 23.7 Å². The molecule has 2 aromatic rings. The minimum Gasteiger partial charge on any atom is -0.326 e. The molecule has 0 unspecified atom stereocenters. The Morgan fingerprint density at radius 2 is 1.86 bits per heavy atom. The van der Waals surface area contributed by atoms with Crippen LogP contribution in [0.2, 0.25) is 0 Å². The largest absolute Gasteiger partial charge is 0.326 e. The van der Waals surface area contributed by atoms with E-state index in [-0.39, 0.29) is 23.9 Å². The first-order chi connectivity index (χ1) is 10.7. The van der Waals surface area contributed by atoms with Gasteiger partial charge in [0.2, 0.25) is 5.91 Å². The summed E-state index contributed by atoms with van der Waals surface area (Å²) >= 11 is 0. The van der Waals surface area contributed by atoms with Gasteiger partial charge < -0.3 is 4.90 Å². The zero-order chi connectivity index (χ0) is 15.5. The Morgan fingerprint density at radius 3 is 2.50 bits per heavy atom. The molecular formula is C19H20N2O. The van der Waals surface area contributed by atoms with Crippen LogP contribution in [0.25, 0.3) is 0 Å². The van der Waals surface area contributed by atoms with Crippen molar-refractivity contribution in [1.29, 1.82) is 0 Å². The van der Waals surface area contributed by atoms with Crippen molar-refractivity contribution in [2.24, 2.45) is 5.92 Å². The van der Waals surface area contributed by atoms with E-state index >= 15 is 0 Å². The van der Waals surface area contributed by atoms with Gasteiger partial charge in [-0.2, -0.15) is 0 Å². The predicted octanol–water partition coefficient (Wildman–Crippen LogP) is 3.92. The van der Waals surface area contributed by atoms with Gasteiger partial charge >= 0.3 is 0 Å². The molecule has 1 amide bonds. The first-order valence-electron chi connectivity index (χ1n) is 7.65. The van der Waals surface area contributed by atoms with Gasteiger partial charge in [0, 0.05) is 6.20 Å². The van der Waals surface area contributed by atoms with Gasteiger partial charge in [-0.25, -0.2) is 0 Å². The smallest absolute Gasteiger partial charge is 0.233 e. The van der Waals surface area contributed by atoms with Crippen LogP contribution in [0.1, 0.15) is 37.2 Å². The quantitative estimate of drug-likeness (QED) is 0.632. The number of hydrogen-bond donors (Lipinski definition) is 0. The first kappa shape index (κ1) is 14.5. The number of hydrogen-bond acceptors (Lipinski definition) is 2. The molecule has 0 saturated carbocycles. The number of β-lactam (4-membered cyclic amide) rings is 1. The fourth-order valence-corrected chi connectivity index (χ4v) is 3.13. The minimum atomic E-state index is -0.105. The number of pyridine rings is 1. The van der Waals surface area contributed by atoms with Gasteiger partial charge in [-0.15, -0.1) is 0 Å². The van der Waals surface area contributed by atoms with Crippen molar-refractivity contribution >= 4 is 5.91 Å². The maximum Gasteiger partial charge on any atom is 0.233 e. The third-order valence-electron chi connectivity index (χ3n) is 4.27. The van der Waals surface area contributed by atoms with Crippen LogP contribution in [0.15, 0.2) is 66.9 Å². The molecule has 3 atom stereocenters. The lowest BCUT2D eigenvalue weighted by molar-refractivity contribution is -0.157. The van der Waals surface area contributed by atoms with Crippen molar-refractivity contribution in [3.63, 3.8) is 0 Å². The summed E-state index contributed by atoms with van der Waals surface area (Å²) in [6.45, 7) is 4.03. The van der Waals surface area contributed by atoms with Crippen LogP contribution >= 0.6 is 0 Å².